The molecular formula is C21H18N2O3. The molecule has 0 saturated heterocycles. The quantitative estimate of drug-likeness (QED) is 0.740. The highest BCUT2D eigenvalue weighted by Crippen LogP contribution is 2.20. The number of carbonyl (C=O) groups excluding carboxylic acids is 1. The van der Waals surface area contributed by atoms with Crippen molar-refractivity contribution in [2.24, 2.45) is 0 Å². The monoisotopic (exact) mass is 346 g/mol. The minimum atomic E-state index is -1.12. The smallest absolute Gasteiger partial charge is 0.330 e. The predicted molar refractivity (Wildman–Crippen MR) is 98.7 cm³/mol. The Hall–Kier alpha value is -3.47. The number of carbonyl (C=O) groups is 2. The third-order valence-electron chi connectivity index (χ3n) is 4.04. The number of pyridine rings is 1. The van der Waals surface area contributed by atoms with Crippen LogP contribution in [-0.2, 0) is 4.79 Å². The molecule has 5 nitrogen and oxygen atoms in total. The van der Waals surface area contributed by atoms with Crippen LogP contribution in [-0.4, -0.2) is 22.0 Å². The molecule has 26 heavy (non-hydrogen) atoms. The number of benzene rings is 2. The van der Waals surface area contributed by atoms with Gasteiger partial charge in [0, 0.05) is 18.0 Å². The van der Waals surface area contributed by atoms with Gasteiger partial charge in [-0.2, -0.15) is 0 Å². The summed E-state index contributed by atoms with van der Waals surface area (Å²) in [5, 5.41) is 12.0. The van der Waals surface area contributed by atoms with Crippen LogP contribution in [0.2, 0.25) is 0 Å². The van der Waals surface area contributed by atoms with Crippen molar-refractivity contribution in [3.63, 3.8) is 0 Å². The Balaban J connectivity index is 1.84. The molecule has 1 amide bonds. The normalized spacial score (nSPS) is 11.6. The SMILES string of the molecule is Cc1ccc(-c2cncc(C(=O)N[C@H](C(=O)O)c3ccccc3)c2)cc1. The van der Waals surface area contributed by atoms with Crippen LogP contribution in [0.4, 0.5) is 0 Å². The first kappa shape index (κ1) is 17.4. The maximum absolute atomic E-state index is 12.6. The number of hydrogen-bond acceptors (Lipinski definition) is 3. The summed E-state index contributed by atoms with van der Waals surface area (Å²) in [6.07, 6.45) is 3.10. The lowest BCUT2D eigenvalue weighted by molar-refractivity contribution is -0.139. The van der Waals surface area contributed by atoms with Crippen molar-refractivity contribution in [1.29, 1.82) is 0 Å². The lowest BCUT2D eigenvalue weighted by Gasteiger charge is -2.15. The van der Waals surface area contributed by atoms with Gasteiger partial charge in [-0.3, -0.25) is 9.78 Å². The van der Waals surface area contributed by atoms with Gasteiger partial charge in [-0.1, -0.05) is 60.2 Å². The fourth-order valence-electron chi connectivity index (χ4n) is 2.62. The first-order valence-electron chi connectivity index (χ1n) is 8.15. The van der Waals surface area contributed by atoms with Gasteiger partial charge in [0.25, 0.3) is 5.91 Å². The van der Waals surface area contributed by atoms with E-state index in [4.69, 9.17) is 0 Å². The van der Waals surface area contributed by atoms with Gasteiger partial charge in [-0.15, -0.1) is 0 Å². The molecule has 2 aromatic carbocycles. The number of aromatic nitrogens is 1. The van der Waals surface area contributed by atoms with Crippen LogP contribution < -0.4 is 5.32 Å². The molecule has 3 aromatic rings. The van der Waals surface area contributed by atoms with Gasteiger partial charge in [0.2, 0.25) is 0 Å². The number of carboxylic acids is 1. The number of carboxylic acid groups (broad SMARTS) is 1. The van der Waals surface area contributed by atoms with E-state index in [2.05, 4.69) is 10.3 Å². The zero-order valence-electron chi connectivity index (χ0n) is 14.2. The van der Waals surface area contributed by atoms with Gasteiger partial charge in [0.15, 0.2) is 6.04 Å². The van der Waals surface area contributed by atoms with Crippen LogP contribution in [0.15, 0.2) is 73.1 Å². The Labute approximate surface area is 151 Å². The van der Waals surface area contributed by atoms with Crippen molar-refractivity contribution in [1.82, 2.24) is 10.3 Å². The first-order valence-corrected chi connectivity index (χ1v) is 8.15. The van der Waals surface area contributed by atoms with Crippen LogP contribution in [0.3, 0.4) is 0 Å². The van der Waals surface area contributed by atoms with E-state index in [9.17, 15) is 14.7 Å². The third kappa shape index (κ3) is 3.95. The molecule has 0 fully saturated rings. The van der Waals surface area contributed by atoms with Crippen LogP contribution in [0.1, 0.15) is 27.5 Å². The molecule has 1 atom stereocenters. The van der Waals surface area contributed by atoms with Gasteiger partial charge < -0.3 is 10.4 Å². The number of nitrogens with one attached hydrogen (secondary N) is 1. The van der Waals surface area contributed by atoms with E-state index in [0.717, 1.165) is 16.7 Å². The largest absolute Gasteiger partial charge is 0.479 e. The van der Waals surface area contributed by atoms with Crippen molar-refractivity contribution < 1.29 is 14.7 Å². The molecule has 0 saturated carbocycles. The average molecular weight is 346 g/mol. The number of amides is 1. The summed E-state index contributed by atoms with van der Waals surface area (Å²) in [5.41, 5.74) is 3.70. The van der Waals surface area contributed by atoms with E-state index >= 15 is 0 Å². The lowest BCUT2D eigenvalue weighted by Crippen LogP contribution is -2.33. The first-order chi connectivity index (χ1) is 12.5. The number of rotatable bonds is 5. The fraction of sp³-hybridized carbons (Fsp3) is 0.0952. The average Bonchev–Trinajstić information content (AvgIpc) is 2.67. The summed E-state index contributed by atoms with van der Waals surface area (Å²) in [6.45, 7) is 2.00. The summed E-state index contributed by atoms with van der Waals surface area (Å²) in [4.78, 5) is 28.2. The summed E-state index contributed by atoms with van der Waals surface area (Å²) in [6, 6.07) is 17.1. The predicted octanol–water partition coefficient (Wildman–Crippen LogP) is 3.61. The van der Waals surface area contributed by atoms with E-state index in [1.165, 1.54) is 6.20 Å². The number of aryl methyl sites for hydroxylation is 1. The van der Waals surface area contributed by atoms with Crippen LogP contribution in [0.25, 0.3) is 11.1 Å². The van der Waals surface area contributed by atoms with Crippen molar-refractivity contribution in [3.8, 4) is 11.1 Å². The van der Waals surface area contributed by atoms with Crippen molar-refractivity contribution in [2.75, 3.05) is 0 Å². The zero-order valence-corrected chi connectivity index (χ0v) is 14.2. The Kier molecular flexibility index (Phi) is 5.08. The Morgan fingerprint density at radius 3 is 2.31 bits per heavy atom. The molecule has 0 aliphatic carbocycles. The molecule has 0 radical (unpaired) electrons. The minimum Gasteiger partial charge on any atom is -0.479 e. The number of aliphatic carboxylic acids is 1. The van der Waals surface area contributed by atoms with Gasteiger partial charge >= 0.3 is 5.97 Å². The molecule has 130 valence electrons. The van der Waals surface area contributed by atoms with E-state index in [1.54, 1.807) is 42.6 Å². The summed E-state index contributed by atoms with van der Waals surface area (Å²) in [5.74, 6) is -1.60. The molecule has 0 aliphatic rings. The maximum atomic E-state index is 12.6. The molecule has 0 bridgehead atoms. The van der Waals surface area contributed by atoms with Gasteiger partial charge in [0.1, 0.15) is 0 Å². The van der Waals surface area contributed by atoms with Crippen molar-refractivity contribution >= 4 is 11.9 Å². The second-order valence-electron chi connectivity index (χ2n) is 5.98. The topological polar surface area (TPSA) is 79.3 Å². The van der Waals surface area contributed by atoms with Crippen LogP contribution in [0.5, 0.6) is 0 Å². The van der Waals surface area contributed by atoms with Gasteiger partial charge in [0.05, 0.1) is 5.56 Å². The molecule has 5 heteroatoms. The molecule has 1 heterocycles. The van der Waals surface area contributed by atoms with E-state index in [-0.39, 0.29) is 0 Å². The Morgan fingerprint density at radius 2 is 1.65 bits per heavy atom. The van der Waals surface area contributed by atoms with Crippen LogP contribution >= 0.6 is 0 Å². The molecular weight excluding hydrogens is 328 g/mol. The summed E-state index contributed by atoms with van der Waals surface area (Å²) in [7, 11) is 0. The molecule has 0 unspecified atom stereocenters. The van der Waals surface area contributed by atoms with Crippen LogP contribution in [0, 0.1) is 6.92 Å². The van der Waals surface area contributed by atoms with Crippen molar-refractivity contribution in [2.45, 2.75) is 13.0 Å². The molecule has 0 aliphatic heterocycles. The van der Waals surface area contributed by atoms with E-state index < -0.39 is 17.9 Å². The highest BCUT2D eigenvalue weighted by Gasteiger charge is 2.22. The minimum absolute atomic E-state index is 0.310. The standard InChI is InChI=1S/C21H18N2O3/c1-14-7-9-15(10-8-14)17-11-18(13-22-12-17)20(24)23-19(21(25)26)16-5-3-2-4-6-16/h2-13,19H,1H3,(H,23,24)(H,25,26)/t19-/m0/s1. The number of hydrogen-bond donors (Lipinski definition) is 2. The molecule has 3 rings (SSSR count). The molecule has 1 aromatic heterocycles. The van der Waals surface area contributed by atoms with E-state index in [0.29, 0.717) is 11.1 Å². The second-order valence-corrected chi connectivity index (χ2v) is 5.98. The Morgan fingerprint density at radius 1 is 0.962 bits per heavy atom. The second kappa shape index (κ2) is 7.61. The van der Waals surface area contributed by atoms with Gasteiger partial charge in [-0.25, -0.2) is 4.79 Å². The maximum Gasteiger partial charge on any atom is 0.330 e. The zero-order chi connectivity index (χ0) is 18.5. The Bertz CT molecular complexity index is 922. The lowest BCUT2D eigenvalue weighted by atomic mass is 10.0. The summed E-state index contributed by atoms with van der Waals surface area (Å²) >= 11 is 0. The van der Waals surface area contributed by atoms with Gasteiger partial charge in [-0.05, 0) is 24.1 Å². The molecule has 2 N–H and O–H groups in total. The van der Waals surface area contributed by atoms with Crippen molar-refractivity contribution in [3.05, 3.63) is 89.7 Å². The molecule has 0 spiro atoms. The highest BCUT2D eigenvalue weighted by atomic mass is 16.4. The third-order valence-corrected chi connectivity index (χ3v) is 4.04. The van der Waals surface area contributed by atoms with E-state index in [1.807, 2.05) is 31.2 Å². The summed E-state index contributed by atoms with van der Waals surface area (Å²) < 4.78 is 0. The fourth-order valence-corrected chi connectivity index (χ4v) is 2.62. The highest BCUT2D eigenvalue weighted by molar-refractivity contribution is 5.97. The number of nitrogens with zero attached hydrogens (tertiary/aromatic N) is 1.